The van der Waals surface area contributed by atoms with E-state index >= 15 is 0 Å². The molecule has 0 spiro atoms. The minimum atomic E-state index is -0.531. The molecular formula is C18H32BFO4. The van der Waals surface area contributed by atoms with Crippen molar-refractivity contribution < 1.29 is 23.2 Å². The maximum atomic E-state index is 13.9. The molecule has 6 heteroatoms. The monoisotopic (exact) mass is 342 g/mol. The van der Waals surface area contributed by atoms with Gasteiger partial charge in [-0.3, -0.25) is 0 Å². The molecule has 0 saturated carbocycles. The summed E-state index contributed by atoms with van der Waals surface area (Å²) < 4.78 is 34.8. The van der Waals surface area contributed by atoms with Crippen molar-refractivity contribution in [3.05, 3.63) is 29.6 Å². The third kappa shape index (κ3) is 5.85. The molecular weight excluding hydrogens is 310 g/mol. The highest BCUT2D eigenvalue weighted by Crippen LogP contribution is 2.36. The molecule has 1 saturated heterocycles. The van der Waals surface area contributed by atoms with Gasteiger partial charge in [0, 0.05) is 26.9 Å². The molecule has 0 aromatic heterocycles. The zero-order valence-corrected chi connectivity index (χ0v) is 16.5. The SMILES string of the molecule is CC.COC.COCc1ccc(B2OC(C)(C)C(C)(C)O2)cc1F. The van der Waals surface area contributed by atoms with Crippen LogP contribution in [0.4, 0.5) is 4.39 Å². The zero-order valence-electron chi connectivity index (χ0n) is 16.5. The van der Waals surface area contributed by atoms with Crippen LogP contribution in [-0.4, -0.2) is 39.6 Å². The predicted molar refractivity (Wildman–Crippen MR) is 97.1 cm³/mol. The number of hydrogen-bond acceptors (Lipinski definition) is 4. The Balaban J connectivity index is 0.000000952. The number of hydrogen-bond donors (Lipinski definition) is 0. The lowest BCUT2D eigenvalue weighted by atomic mass is 9.79. The quantitative estimate of drug-likeness (QED) is 0.787. The van der Waals surface area contributed by atoms with Gasteiger partial charge in [0.1, 0.15) is 5.82 Å². The second-order valence-corrected chi connectivity index (χ2v) is 6.28. The van der Waals surface area contributed by atoms with Crippen LogP contribution in [0.15, 0.2) is 18.2 Å². The second-order valence-electron chi connectivity index (χ2n) is 6.28. The first kappa shape index (κ1) is 23.1. The highest BCUT2D eigenvalue weighted by Gasteiger charge is 2.51. The molecule has 1 heterocycles. The first-order valence-corrected chi connectivity index (χ1v) is 8.21. The number of halogens is 1. The maximum absolute atomic E-state index is 13.9. The Morgan fingerprint density at radius 1 is 1.00 bits per heavy atom. The van der Waals surface area contributed by atoms with Crippen LogP contribution in [0.3, 0.4) is 0 Å². The smallest absolute Gasteiger partial charge is 0.399 e. The lowest BCUT2D eigenvalue weighted by Crippen LogP contribution is -2.41. The van der Waals surface area contributed by atoms with E-state index in [1.807, 2.05) is 47.6 Å². The fourth-order valence-corrected chi connectivity index (χ4v) is 1.96. The number of benzene rings is 1. The van der Waals surface area contributed by atoms with Crippen molar-refractivity contribution in [1.82, 2.24) is 0 Å². The van der Waals surface area contributed by atoms with E-state index in [2.05, 4.69) is 4.74 Å². The normalized spacial score (nSPS) is 17.5. The molecule has 0 atom stereocenters. The lowest BCUT2D eigenvalue weighted by molar-refractivity contribution is 0.00578. The lowest BCUT2D eigenvalue weighted by Gasteiger charge is -2.32. The van der Waals surface area contributed by atoms with Crippen LogP contribution < -0.4 is 5.46 Å². The molecule has 138 valence electrons. The van der Waals surface area contributed by atoms with Gasteiger partial charge in [-0.1, -0.05) is 26.0 Å². The van der Waals surface area contributed by atoms with Crippen LogP contribution in [0.5, 0.6) is 0 Å². The van der Waals surface area contributed by atoms with Crippen molar-refractivity contribution in [2.24, 2.45) is 0 Å². The van der Waals surface area contributed by atoms with E-state index in [0.29, 0.717) is 11.0 Å². The van der Waals surface area contributed by atoms with Gasteiger partial charge in [-0.2, -0.15) is 0 Å². The highest BCUT2D eigenvalue weighted by molar-refractivity contribution is 6.62. The summed E-state index contributed by atoms with van der Waals surface area (Å²) in [5, 5.41) is 0. The highest BCUT2D eigenvalue weighted by atomic mass is 19.1. The fraction of sp³-hybridized carbons (Fsp3) is 0.667. The van der Waals surface area contributed by atoms with E-state index in [1.54, 1.807) is 27.4 Å². The molecule has 0 aliphatic carbocycles. The van der Waals surface area contributed by atoms with Crippen LogP contribution in [0.1, 0.15) is 47.1 Å². The number of methoxy groups -OCH3 is 2. The second kappa shape index (κ2) is 10.1. The molecule has 0 bridgehead atoms. The van der Waals surface area contributed by atoms with E-state index in [-0.39, 0.29) is 12.4 Å². The summed E-state index contributed by atoms with van der Waals surface area (Å²) in [6.45, 7) is 12.2. The summed E-state index contributed by atoms with van der Waals surface area (Å²) in [5.41, 5.74) is 0.386. The Labute approximate surface area is 146 Å². The molecule has 4 nitrogen and oxygen atoms in total. The molecule has 24 heavy (non-hydrogen) atoms. The van der Waals surface area contributed by atoms with Crippen molar-refractivity contribution in [2.75, 3.05) is 21.3 Å². The van der Waals surface area contributed by atoms with Gasteiger partial charge in [0.15, 0.2) is 0 Å². The van der Waals surface area contributed by atoms with E-state index in [0.717, 1.165) is 0 Å². The minimum absolute atomic E-state index is 0.259. The van der Waals surface area contributed by atoms with Gasteiger partial charge < -0.3 is 18.8 Å². The average molecular weight is 342 g/mol. The molecule has 0 unspecified atom stereocenters. The molecule has 1 fully saturated rings. The van der Waals surface area contributed by atoms with Gasteiger partial charge in [0.05, 0.1) is 17.8 Å². The zero-order chi connectivity index (χ0) is 19.0. The Kier molecular flexibility index (Phi) is 9.74. The van der Waals surface area contributed by atoms with Crippen molar-refractivity contribution in [3.8, 4) is 0 Å². The number of ether oxygens (including phenoxy) is 2. The summed E-state index contributed by atoms with van der Waals surface area (Å²) in [6.07, 6.45) is 0. The average Bonchev–Trinajstić information content (AvgIpc) is 2.73. The van der Waals surface area contributed by atoms with Crippen molar-refractivity contribution in [2.45, 2.75) is 59.4 Å². The molecule has 1 aliphatic heterocycles. The predicted octanol–water partition coefficient (Wildman–Crippen LogP) is 3.56. The van der Waals surface area contributed by atoms with Gasteiger partial charge in [-0.05, 0) is 39.2 Å². The first-order chi connectivity index (χ1) is 11.2. The van der Waals surface area contributed by atoms with Crippen molar-refractivity contribution in [1.29, 1.82) is 0 Å². The summed E-state index contributed by atoms with van der Waals surface area (Å²) in [6, 6.07) is 4.98. The Hall–Kier alpha value is -0.945. The van der Waals surface area contributed by atoms with Gasteiger partial charge in [-0.15, -0.1) is 0 Å². The summed E-state index contributed by atoms with van der Waals surface area (Å²) in [4.78, 5) is 0. The van der Waals surface area contributed by atoms with Crippen LogP contribution >= 0.6 is 0 Å². The number of rotatable bonds is 3. The fourth-order valence-electron chi connectivity index (χ4n) is 1.96. The largest absolute Gasteiger partial charge is 0.494 e. The molecule has 0 N–H and O–H groups in total. The summed E-state index contributed by atoms with van der Waals surface area (Å²) >= 11 is 0. The molecule has 1 aromatic rings. The summed E-state index contributed by atoms with van der Waals surface area (Å²) in [5.74, 6) is -0.297. The molecule has 2 rings (SSSR count). The van der Waals surface area contributed by atoms with Crippen molar-refractivity contribution in [3.63, 3.8) is 0 Å². The Morgan fingerprint density at radius 3 is 1.83 bits per heavy atom. The standard InChI is InChI=1S/C14H20BFO3.C2H6O.C2H6/c1-13(2)14(3,4)19-15(18-13)11-7-6-10(9-17-5)12(16)8-11;1-3-2;1-2/h6-8H,9H2,1-5H3;1-2H3;1-2H3. The Morgan fingerprint density at radius 2 is 1.46 bits per heavy atom. The van der Waals surface area contributed by atoms with E-state index < -0.39 is 18.3 Å². The molecule has 0 radical (unpaired) electrons. The topological polar surface area (TPSA) is 36.9 Å². The van der Waals surface area contributed by atoms with Gasteiger partial charge in [-0.25, -0.2) is 4.39 Å². The van der Waals surface area contributed by atoms with Crippen molar-refractivity contribution >= 4 is 12.6 Å². The van der Waals surface area contributed by atoms with E-state index in [1.165, 1.54) is 6.07 Å². The van der Waals surface area contributed by atoms with Gasteiger partial charge in [0.2, 0.25) is 0 Å². The van der Waals surface area contributed by atoms with Crippen LogP contribution in [0, 0.1) is 5.82 Å². The van der Waals surface area contributed by atoms with Crippen LogP contribution in [0.2, 0.25) is 0 Å². The third-order valence-corrected chi connectivity index (χ3v) is 3.90. The van der Waals surface area contributed by atoms with E-state index in [4.69, 9.17) is 14.0 Å². The Bertz CT molecular complexity index is 476. The van der Waals surface area contributed by atoms with Crippen LogP contribution in [0.25, 0.3) is 0 Å². The molecule has 0 amide bonds. The van der Waals surface area contributed by atoms with Gasteiger partial charge >= 0.3 is 7.12 Å². The van der Waals surface area contributed by atoms with Crippen LogP contribution in [-0.2, 0) is 25.4 Å². The first-order valence-electron chi connectivity index (χ1n) is 8.21. The summed E-state index contributed by atoms with van der Waals surface area (Å²) in [7, 11) is 4.26. The molecule has 1 aliphatic rings. The van der Waals surface area contributed by atoms with E-state index in [9.17, 15) is 4.39 Å². The van der Waals surface area contributed by atoms with Gasteiger partial charge in [0.25, 0.3) is 0 Å². The third-order valence-electron chi connectivity index (χ3n) is 3.90. The molecule has 1 aromatic carbocycles. The maximum Gasteiger partial charge on any atom is 0.494 e. The minimum Gasteiger partial charge on any atom is -0.399 e.